The number of hydrogen-bond donors (Lipinski definition) is 1. The molecule has 1 aromatic heterocycles. The van der Waals surface area contributed by atoms with E-state index in [1.54, 1.807) is 12.3 Å². The molecule has 0 saturated carbocycles. The summed E-state index contributed by atoms with van der Waals surface area (Å²) in [6.45, 7) is 0.966. The summed E-state index contributed by atoms with van der Waals surface area (Å²) in [5.74, 6) is -0.412. The van der Waals surface area contributed by atoms with Gasteiger partial charge in [0, 0.05) is 12.7 Å². The lowest BCUT2D eigenvalue weighted by atomic mass is 10.2. The van der Waals surface area contributed by atoms with Crippen LogP contribution in [0.2, 0.25) is 5.02 Å². The zero-order valence-corrected chi connectivity index (χ0v) is 11.2. The average molecular weight is 281 g/mol. The predicted octanol–water partition coefficient (Wildman–Crippen LogP) is 3.17. The van der Waals surface area contributed by atoms with Crippen LogP contribution in [0.15, 0.2) is 36.5 Å². The fraction of sp³-hybridized carbons (Fsp3) is 0.214. The molecule has 1 N–H and O–H groups in total. The second kappa shape index (κ2) is 6.50. The summed E-state index contributed by atoms with van der Waals surface area (Å²) in [6, 6.07) is 8.47. The van der Waals surface area contributed by atoms with Gasteiger partial charge in [-0.3, -0.25) is 4.98 Å². The maximum absolute atomic E-state index is 13.6. The molecule has 1 aromatic carbocycles. The second-order valence-electron chi connectivity index (χ2n) is 4.03. The maximum Gasteiger partial charge on any atom is 0.183 e. The minimum absolute atomic E-state index is 0.0508. The minimum atomic E-state index is -0.545. The smallest absolute Gasteiger partial charge is 0.183 e. The summed E-state index contributed by atoms with van der Waals surface area (Å²) in [5.41, 5.74) is 1.82. The van der Waals surface area contributed by atoms with Gasteiger partial charge >= 0.3 is 0 Å². The van der Waals surface area contributed by atoms with E-state index in [9.17, 15) is 4.39 Å². The van der Waals surface area contributed by atoms with Gasteiger partial charge in [0.2, 0.25) is 0 Å². The molecule has 19 heavy (non-hydrogen) atoms. The first kappa shape index (κ1) is 13.8. The third-order valence-electron chi connectivity index (χ3n) is 2.56. The van der Waals surface area contributed by atoms with Gasteiger partial charge < -0.3 is 10.1 Å². The summed E-state index contributed by atoms with van der Waals surface area (Å²) in [6.07, 6.45) is 1.77. The van der Waals surface area contributed by atoms with Gasteiger partial charge in [0.1, 0.15) is 6.61 Å². The van der Waals surface area contributed by atoms with Crippen LogP contribution in [-0.2, 0) is 13.2 Å². The van der Waals surface area contributed by atoms with Crippen LogP contribution < -0.4 is 10.1 Å². The molecule has 0 amide bonds. The molecule has 0 unspecified atom stereocenters. The number of hydrogen-bond acceptors (Lipinski definition) is 3. The van der Waals surface area contributed by atoms with E-state index in [-0.39, 0.29) is 17.4 Å². The van der Waals surface area contributed by atoms with E-state index in [0.29, 0.717) is 0 Å². The Morgan fingerprint density at radius 3 is 2.84 bits per heavy atom. The van der Waals surface area contributed by atoms with Crippen LogP contribution in [-0.4, -0.2) is 12.0 Å². The second-order valence-corrected chi connectivity index (χ2v) is 4.44. The van der Waals surface area contributed by atoms with Gasteiger partial charge in [-0.25, -0.2) is 4.39 Å². The highest BCUT2D eigenvalue weighted by atomic mass is 35.5. The zero-order chi connectivity index (χ0) is 13.7. The van der Waals surface area contributed by atoms with Crippen molar-refractivity contribution in [1.29, 1.82) is 0 Å². The summed E-state index contributed by atoms with van der Waals surface area (Å²) >= 11 is 5.67. The summed E-state index contributed by atoms with van der Waals surface area (Å²) in [7, 11) is 1.87. The Morgan fingerprint density at radius 1 is 1.32 bits per heavy atom. The standard InChI is InChI=1S/C14H14ClFN2O/c1-17-7-10-5-6-11(18-8-10)9-19-13-4-2-3-12(15)14(13)16/h2-6,8,17H,7,9H2,1H3. The van der Waals surface area contributed by atoms with Crippen LogP contribution in [0.25, 0.3) is 0 Å². The highest BCUT2D eigenvalue weighted by molar-refractivity contribution is 6.30. The van der Waals surface area contributed by atoms with E-state index in [2.05, 4.69) is 10.3 Å². The van der Waals surface area contributed by atoms with Gasteiger partial charge in [0.15, 0.2) is 11.6 Å². The van der Waals surface area contributed by atoms with Crippen LogP contribution in [0.5, 0.6) is 5.75 Å². The van der Waals surface area contributed by atoms with Crippen molar-refractivity contribution in [2.75, 3.05) is 7.05 Å². The number of nitrogens with one attached hydrogen (secondary N) is 1. The Labute approximate surface area is 116 Å². The number of halogens is 2. The van der Waals surface area contributed by atoms with Crippen LogP contribution in [0.4, 0.5) is 4.39 Å². The molecule has 0 aliphatic carbocycles. The topological polar surface area (TPSA) is 34.1 Å². The lowest BCUT2D eigenvalue weighted by Gasteiger charge is -2.08. The minimum Gasteiger partial charge on any atom is -0.484 e. The van der Waals surface area contributed by atoms with Crippen LogP contribution >= 0.6 is 11.6 Å². The molecule has 5 heteroatoms. The number of ether oxygens (including phenoxy) is 1. The number of pyridine rings is 1. The molecule has 1 heterocycles. The fourth-order valence-corrected chi connectivity index (χ4v) is 1.76. The lowest BCUT2D eigenvalue weighted by molar-refractivity contribution is 0.286. The third-order valence-corrected chi connectivity index (χ3v) is 2.85. The highest BCUT2D eigenvalue weighted by Gasteiger charge is 2.07. The molecule has 2 rings (SSSR count). The van der Waals surface area contributed by atoms with E-state index >= 15 is 0 Å². The van der Waals surface area contributed by atoms with E-state index in [0.717, 1.165) is 17.8 Å². The predicted molar refractivity (Wildman–Crippen MR) is 72.7 cm³/mol. The number of nitrogens with zero attached hydrogens (tertiary/aromatic N) is 1. The molecule has 3 nitrogen and oxygen atoms in total. The van der Waals surface area contributed by atoms with E-state index in [1.165, 1.54) is 12.1 Å². The monoisotopic (exact) mass is 280 g/mol. The maximum atomic E-state index is 13.6. The molecule has 0 fully saturated rings. The Morgan fingerprint density at radius 2 is 2.16 bits per heavy atom. The van der Waals surface area contributed by atoms with Crippen LogP contribution in [0, 0.1) is 5.82 Å². The van der Waals surface area contributed by atoms with Crippen molar-refractivity contribution in [2.24, 2.45) is 0 Å². The molecule has 2 aromatic rings. The quantitative estimate of drug-likeness (QED) is 0.913. The summed E-state index contributed by atoms with van der Waals surface area (Å²) in [4.78, 5) is 4.24. The van der Waals surface area contributed by atoms with Crippen molar-refractivity contribution in [2.45, 2.75) is 13.2 Å². The Bertz CT molecular complexity index is 546. The molecule has 0 saturated heterocycles. The first-order valence-electron chi connectivity index (χ1n) is 5.86. The van der Waals surface area contributed by atoms with Gasteiger partial charge in [-0.15, -0.1) is 0 Å². The fourth-order valence-electron chi connectivity index (χ4n) is 1.60. The lowest BCUT2D eigenvalue weighted by Crippen LogP contribution is -2.06. The number of benzene rings is 1. The van der Waals surface area contributed by atoms with Crippen LogP contribution in [0.3, 0.4) is 0 Å². The molecule has 0 spiro atoms. The Hall–Kier alpha value is -1.65. The van der Waals surface area contributed by atoms with Crippen molar-refractivity contribution in [3.05, 3.63) is 58.6 Å². The first-order valence-corrected chi connectivity index (χ1v) is 6.23. The molecular weight excluding hydrogens is 267 g/mol. The van der Waals surface area contributed by atoms with Crippen molar-refractivity contribution < 1.29 is 9.13 Å². The van der Waals surface area contributed by atoms with Crippen molar-refractivity contribution >= 4 is 11.6 Å². The highest BCUT2D eigenvalue weighted by Crippen LogP contribution is 2.24. The van der Waals surface area contributed by atoms with Gasteiger partial charge in [-0.05, 0) is 30.8 Å². The largest absolute Gasteiger partial charge is 0.484 e. The van der Waals surface area contributed by atoms with E-state index in [1.807, 2.05) is 19.2 Å². The van der Waals surface area contributed by atoms with Gasteiger partial charge in [-0.2, -0.15) is 0 Å². The zero-order valence-electron chi connectivity index (χ0n) is 10.5. The van der Waals surface area contributed by atoms with Crippen molar-refractivity contribution in [3.63, 3.8) is 0 Å². The molecule has 0 bridgehead atoms. The Kier molecular flexibility index (Phi) is 4.71. The SMILES string of the molecule is CNCc1ccc(COc2cccc(Cl)c2F)nc1. The molecule has 0 aliphatic heterocycles. The van der Waals surface area contributed by atoms with Gasteiger partial charge in [-0.1, -0.05) is 23.7 Å². The molecule has 0 radical (unpaired) electrons. The summed E-state index contributed by atoms with van der Waals surface area (Å²) < 4.78 is 18.9. The first-order chi connectivity index (χ1) is 9.20. The van der Waals surface area contributed by atoms with Gasteiger partial charge in [0.05, 0.1) is 10.7 Å². The van der Waals surface area contributed by atoms with E-state index < -0.39 is 5.82 Å². The molecule has 100 valence electrons. The molecular formula is C14H14ClFN2O. The third kappa shape index (κ3) is 3.66. The Balaban J connectivity index is 2.00. The van der Waals surface area contributed by atoms with Gasteiger partial charge in [0.25, 0.3) is 0 Å². The van der Waals surface area contributed by atoms with Crippen molar-refractivity contribution in [3.8, 4) is 5.75 Å². The number of rotatable bonds is 5. The average Bonchev–Trinajstić information content (AvgIpc) is 2.42. The van der Waals surface area contributed by atoms with Crippen LogP contribution in [0.1, 0.15) is 11.3 Å². The number of aromatic nitrogens is 1. The van der Waals surface area contributed by atoms with Crippen molar-refractivity contribution in [1.82, 2.24) is 10.3 Å². The van der Waals surface area contributed by atoms with E-state index in [4.69, 9.17) is 16.3 Å². The molecule has 0 aliphatic rings. The normalized spacial score (nSPS) is 10.5. The molecule has 0 atom stereocenters. The summed E-state index contributed by atoms with van der Waals surface area (Å²) in [5, 5.41) is 3.09.